The monoisotopic (exact) mass is 557 g/mol. The van der Waals surface area contributed by atoms with Crippen molar-refractivity contribution < 1.29 is 38.6 Å². The van der Waals surface area contributed by atoms with Gasteiger partial charge in [-0.05, 0) is 39.0 Å². The average molecular weight is 558 g/mol. The van der Waals surface area contributed by atoms with Gasteiger partial charge < -0.3 is 46.2 Å². The second-order valence-corrected chi connectivity index (χ2v) is 9.53. The molecule has 1 rings (SSSR count). The summed E-state index contributed by atoms with van der Waals surface area (Å²) >= 11 is 0. The number of carbonyl (C=O) groups is 5. The molecule has 14 nitrogen and oxygen atoms in total. The minimum atomic E-state index is -0.898. The number of carbonyl (C=O) groups excluding carboxylic acids is 4. The SMILES string of the molecule is [2H]OC(=O)N1CCC(C(=O)NCCOCCOC)CC1CNC(=O)[C@H](CCCCC(C)=N)NC(=O)CNC(C)=O. The molecular weight excluding hydrogens is 512 g/mol. The Morgan fingerprint density at radius 1 is 1.10 bits per heavy atom. The zero-order valence-electron chi connectivity index (χ0n) is 24.1. The molecule has 0 aromatic rings. The minimum Gasteiger partial charge on any atom is -0.465 e. The molecule has 1 aliphatic heterocycles. The number of hydrogen-bond acceptors (Lipinski definition) is 9. The van der Waals surface area contributed by atoms with Crippen molar-refractivity contribution in [1.82, 2.24) is 26.2 Å². The fourth-order valence-corrected chi connectivity index (χ4v) is 4.16. The number of nitrogens with zero attached hydrogens (tertiary/aromatic N) is 1. The van der Waals surface area contributed by atoms with Crippen LogP contribution in [0.3, 0.4) is 0 Å². The Kier molecular flexibility index (Phi) is 15.5. The standard InChI is InChI=1S/C25H44N6O8/c1-17(26)6-4-5-7-21(30-22(33)16-28-18(2)32)24(35)29-15-20-14-19(8-10-31(20)25(36)37)23(34)27-9-11-39-13-12-38-3/h19-21,26H,4-16H2,1-3H3,(H,27,34)(H,28,32)(H,29,35)(H,30,33)(H,36,37)/t19?,20?,21-/m0/s1/i/hD. The van der Waals surface area contributed by atoms with Crippen molar-refractivity contribution in [2.24, 2.45) is 5.92 Å². The molecule has 39 heavy (non-hydrogen) atoms. The molecular formula is C25H44N6O8. The normalized spacial score (nSPS) is 17.8. The van der Waals surface area contributed by atoms with Gasteiger partial charge in [-0.3, -0.25) is 19.2 Å². The van der Waals surface area contributed by atoms with Crippen LogP contribution < -0.4 is 21.3 Å². The Labute approximate surface area is 230 Å². The molecule has 222 valence electrons. The molecule has 0 saturated carbocycles. The summed E-state index contributed by atoms with van der Waals surface area (Å²) in [5, 5.41) is 22.3. The Morgan fingerprint density at radius 2 is 1.87 bits per heavy atom. The topological polar surface area (TPSA) is 199 Å². The van der Waals surface area contributed by atoms with E-state index in [-0.39, 0.29) is 37.9 Å². The molecule has 1 aliphatic rings. The van der Waals surface area contributed by atoms with E-state index in [2.05, 4.69) is 26.4 Å². The summed E-state index contributed by atoms with van der Waals surface area (Å²) in [6.07, 6.45) is 1.85. The predicted octanol–water partition coefficient (Wildman–Crippen LogP) is -0.139. The molecule has 0 aliphatic carbocycles. The van der Waals surface area contributed by atoms with Crippen LogP contribution in [0.4, 0.5) is 4.79 Å². The van der Waals surface area contributed by atoms with Crippen molar-refractivity contribution in [3.63, 3.8) is 0 Å². The first-order chi connectivity index (χ1) is 19.1. The highest BCUT2D eigenvalue weighted by Crippen LogP contribution is 2.23. The predicted molar refractivity (Wildman–Crippen MR) is 142 cm³/mol. The first kappa shape index (κ1) is 32.0. The maximum atomic E-state index is 13.1. The van der Waals surface area contributed by atoms with Crippen LogP contribution in [0.1, 0.15) is 52.4 Å². The number of likely N-dealkylation sites (tertiary alicyclic amines) is 1. The number of nitrogens with one attached hydrogen (secondary N) is 5. The van der Waals surface area contributed by atoms with Crippen LogP contribution in [-0.4, -0.2) is 111 Å². The minimum absolute atomic E-state index is 0.0183. The molecule has 6 N–H and O–H groups in total. The molecule has 1 heterocycles. The van der Waals surface area contributed by atoms with Crippen molar-refractivity contribution in [2.75, 3.05) is 53.1 Å². The largest absolute Gasteiger partial charge is 0.465 e. The van der Waals surface area contributed by atoms with Gasteiger partial charge in [-0.15, -0.1) is 0 Å². The second kappa shape index (κ2) is 18.9. The van der Waals surface area contributed by atoms with Gasteiger partial charge >= 0.3 is 6.09 Å². The van der Waals surface area contributed by atoms with E-state index in [1.165, 1.54) is 11.8 Å². The van der Waals surface area contributed by atoms with Gasteiger partial charge in [-0.25, -0.2) is 4.79 Å². The van der Waals surface area contributed by atoms with Gasteiger partial charge in [0, 0.05) is 45.3 Å². The number of amides is 5. The summed E-state index contributed by atoms with van der Waals surface area (Å²) in [4.78, 5) is 62.7. The third-order valence-electron chi connectivity index (χ3n) is 6.25. The van der Waals surface area contributed by atoms with E-state index in [1.807, 2.05) is 0 Å². The average Bonchev–Trinajstić information content (AvgIpc) is 2.93. The Bertz CT molecular complexity index is 861. The second-order valence-electron chi connectivity index (χ2n) is 9.53. The Hall–Kier alpha value is -3.26. The van der Waals surface area contributed by atoms with Crippen LogP contribution in [0.2, 0.25) is 0 Å². The van der Waals surface area contributed by atoms with Crippen molar-refractivity contribution >= 4 is 35.4 Å². The Balaban J connectivity index is 2.77. The van der Waals surface area contributed by atoms with Crippen molar-refractivity contribution in [3.8, 4) is 0 Å². The summed E-state index contributed by atoms with van der Waals surface area (Å²) in [5.41, 5.74) is 0.520. The van der Waals surface area contributed by atoms with E-state index in [0.717, 1.165) is 0 Å². The van der Waals surface area contributed by atoms with Crippen LogP contribution in [0.15, 0.2) is 0 Å². The molecule has 0 radical (unpaired) electrons. The first-order valence-corrected chi connectivity index (χ1v) is 13.2. The lowest BCUT2D eigenvalue weighted by atomic mass is 9.90. The zero-order chi connectivity index (χ0) is 29.9. The summed E-state index contributed by atoms with van der Waals surface area (Å²) in [7, 11) is 1.57. The van der Waals surface area contributed by atoms with Gasteiger partial charge in [0.05, 0.1) is 32.4 Å². The number of methoxy groups -OCH3 is 1. The molecule has 3 atom stereocenters. The van der Waals surface area contributed by atoms with Gasteiger partial charge in [0.25, 0.3) is 1.43 Å². The lowest BCUT2D eigenvalue weighted by molar-refractivity contribution is -0.130. The van der Waals surface area contributed by atoms with E-state index in [4.69, 9.17) is 16.3 Å². The van der Waals surface area contributed by atoms with E-state index in [0.29, 0.717) is 64.2 Å². The maximum Gasteiger partial charge on any atom is 0.407 e. The number of hydrogen-bond donors (Lipinski definition) is 6. The smallest absolute Gasteiger partial charge is 0.407 e. The maximum absolute atomic E-state index is 13.1. The zero-order valence-corrected chi connectivity index (χ0v) is 23.1. The van der Waals surface area contributed by atoms with Gasteiger partial charge in [-0.1, -0.05) is 6.42 Å². The first-order valence-electron chi connectivity index (χ1n) is 13.6. The fourth-order valence-electron chi connectivity index (χ4n) is 4.16. The summed E-state index contributed by atoms with van der Waals surface area (Å²) in [6.45, 7) is 4.35. The van der Waals surface area contributed by atoms with Crippen molar-refractivity contribution in [1.29, 1.82) is 6.84 Å². The summed E-state index contributed by atoms with van der Waals surface area (Å²) in [5.74, 6) is -2.02. The van der Waals surface area contributed by atoms with E-state index in [9.17, 15) is 24.0 Å². The number of unbranched alkanes of at least 4 members (excludes halogenated alkanes) is 1. The van der Waals surface area contributed by atoms with Crippen molar-refractivity contribution in [2.45, 2.75) is 64.5 Å². The van der Waals surface area contributed by atoms with Gasteiger partial charge in [0.15, 0.2) is 0 Å². The highest BCUT2D eigenvalue weighted by Gasteiger charge is 2.35. The lowest BCUT2D eigenvalue weighted by Gasteiger charge is -2.37. The molecule has 1 saturated heterocycles. The third-order valence-corrected chi connectivity index (χ3v) is 6.25. The highest BCUT2D eigenvalue weighted by atomic mass is 16.5. The van der Waals surface area contributed by atoms with Crippen LogP contribution in [0.5, 0.6) is 0 Å². The molecule has 2 unspecified atom stereocenters. The number of carboxylic acid groups (broad SMARTS) is 1. The van der Waals surface area contributed by atoms with Gasteiger partial charge in [-0.2, -0.15) is 0 Å². The number of rotatable bonds is 18. The van der Waals surface area contributed by atoms with E-state index in [1.54, 1.807) is 14.0 Å². The highest BCUT2D eigenvalue weighted by molar-refractivity contribution is 5.89. The molecule has 0 aromatic heterocycles. The van der Waals surface area contributed by atoms with Crippen LogP contribution >= 0.6 is 0 Å². The van der Waals surface area contributed by atoms with E-state index < -0.39 is 35.9 Å². The molecule has 0 bridgehead atoms. The third kappa shape index (κ3) is 14.5. The molecule has 1 fully saturated rings. The van der Waals surface area contributed by atoms with Crippen LogP contribution in [0, 0.1) is 11.3 Å². The van der Waals surface area contributed by atoms with Crippen molar-refractivity contribution in [3.05, 3.63) is 0 Å². The molecule has 14 heteroatoms. The number of piperidine rings is 1. The molecule has 0 spiro atoms. The van der Waals surface area contributed by atoms with Gasteiger partial charge in [0.1, 0.15) is 6.04 Å². The van der Waals surface area contributed by atoms with Crippen LogP contribution in [-0.2, 0) is 28.7 Å². The number of ether oxygens (including phenoxy) is 2. The lowest BCUT2D eigenvalue weighted by Crippen LogP contribution is -2.55. The fraction of sp³-hybridized carbons (Fsp3) is 0.760. The summed E-state index contributed by atoms with van der Waals surface area (Å²) in [6, 6.07) is -1.51. The Morgan fingerprint density at radius 3 is 2.54 bits per heavy atom. The molecule has 0 aromatic carbocycles. The quantitative estimate of drug-likeness (QED) is 0.0988. The summed E-state index contributed by atoms with van der Waals surface area (Å²) < 4.78 is 17.3. The van der Waals surface area contributed by atoms with Crippen LogP contribution in [0.25, 0.3) is 1.43 Å². The van der Waals surface area contributed by atoms with Gasteiger partial charge in [0.2, 0.25) is 23.6 Å². The molecule has 5 amide bonds. The van der Waals surface area contributed by atoms with E-state index >= 15 is 0 Å².